The summed E-state index contributed by atoms with van der Waals surface area (Å²) in [7, 11) is 0. The maximum atomic E-state index is 14.5. The molecule has 1 N–H and O–H groups in total. The molecule has 0 unspecified atom stereocenters. The van der Waals surface area contributed by atoms with E-state index in [1.807, 2.05) is 36.4 Å². The Balaban J connectivity index is 1.40. The first-order valence-corrected chi connectivity index (χ1v) is 14.1. The fourth-order valence-corrected chi connectivity index (χ4v) is 5.21. The second kappa shape index (κ2) is 11.6. The molecule has 1 saturated carbocycles. The molecule has 0 radical (unpaired) electrons. The number of anilines is 1. The molecule has 1 fully saturated rings. The van der Waals surface area contributed by atoms with Gasteiger partial charge in [0.25, 0.3) is 0 Å². The smallest absolute Gasteiger partial charge is 0.390 e. The molecule has 0 bridgehead atoms. The zero-order chi connectivity index (χ0) is 30.1. The van der Waals surface area contributed by atoms with Crippen LogP contribution in [0.5, 0.6) is 5.75 Å². The van der Waals surface area contributed by atoms with Crippen LogP contribution in [-0.2, 0) is 6.61 Å². The minimum Gasteiger partial charge on any atom is -0.488 e. The van der Waals surface area contributed by atoms with Crippen LogP contribution in [0.3, 0.4) is 0 Å². The summed E-state index contributed by atoms with van der Waals surface area (Å²) >= 11 is 0. The summed E-state index contributed by atoms with van der Waals surface area (Å²) in [5.74, 6) is 0.515. The average Bonchev–Trinajstić information content (AvgIpc) is 3.73. The van der Waals surface area contributed by atoms with Crippen molar-refractivity contribution in [1.29, 1.82) is 0 Å². The lowest BCUT2D eigenvalue weighted by Crippen LogP contribution is -2.15. The van der Waals surface area contributed by atoms with E-state index in [1.54, 1.807) is 16.8 Å². The predicted octanol–water partition coefficient (Wildman–Crippen LogP) is 8.73. The predicted molar refractivity (Wildman–Crippen MR) is 160 cm³/mol. The monoisotopic (exact) mass is 586 g/mol. The molecular formula is C34H30F4N4O. The van der Waals surface area contributed by atoms with E-state index in [0.29, 0.717) is 45.5 Å². The molecule has 0 amide bonds. The van der Waals surface area contributed by atoms with Gasteiger partial charge >= 0.3 is 6.18 Å². The Morgan fingerprint density at radius 3 is 2.56 bits per heavy atom. The van der Waals surface area contributed by atoms with Crippen LogP contribution in [0.1, 0.15) is 53.1 Å². The molecule has 0 saturated heterocycles. The molecule has 5 nitrogen and oxygen atoms in total. The van der Waals surface area contributed by atoms with Crippen LogP contribution in [0, 0.1) is 12.7 Å². The van der Waals surface area contributed by atoms with Crippen molar-refractivity contribution < 1.29 is 22.3 Å². The minimum absolute atomic E-state index is 0.255. The van der Waals surface area contributed by atoms with Gasteiger partial charge in [0.2, 0.25) is 0 Å². The van der Waals surface area contributed by atoms with Crippen LogP contribution in [0.4, 0.5) is 23.2 Å². The molecule has 6 rings (SSSR count). The fraction of sp³-hybridized carbons (Fsp3) is 0.235. The van der Waals surface area contributed by atoms with Crippen molar-refractivity contribution in [3.63, 3.8) is 0 Å². The summed E-state index contributed by atoms with van der Waals surface area (Å²) < 4.78 is 61.2. The van der Waals surface area contributed by atoms with Crippen molar-refractivity contribution in [2.75, 3.05) is 11.9 Å². The maximum absolute atomic E-state index is 14.5. The molecule has 5 aromatic rings. The van der Waals surface area contributed by atoms with E-state index in [9.17, 15) is 17.6 Å². The van der Waals surface area contributed by atoms with Gasteiger partial charge in [-0.3, -0.25) is 0 Å². The zero-order valence-electron chi connectivity index (χ0n) is 23.6. The van der Waals surface area contributed by atoms with E-state index in [4.69, 9.17) is 9.84 Å². The largest absolute Gasteiger partial charge is 0.488 e. The first-order chi connectivity index (χ1) is 20.7. The summed E-state index contributed by atoms with van der Waals surface area (Å²) in [5.41, 5.74) is 6.78. The summed E-state index contributed by atoms with van der Waals surface area (Å²) in [6.07, 6.45) is -1.31. The molecule has 1 aliphatic rings. The van der Waals surface area contributed by atoms with E-state index in [0.717, 1.165) is 11.1 Å². The number of ether oxygens (including phenoxy) is 1. The van der Waals surface area contributed by atoms with Crippen molar-refractivity contribution in [3.8, 4) is 17.0 Å². The topological polar surface area (TPSA) is 51.5 Å². The van der Waals surface area contributed by atoms with Crippen LogP contribution in [-0.4, -0.2) is 27.3 Å². The molecule has 1 aliphatic carbocycles. The van der Waals surface area contributed by atoms with E-state index in [2.05, 4.69) is 35.9 Å². The number of aryl methyl sites for hydroxylation is 1. The van der Waals surface area contributed by atoms with Gasteiger partial charge in [0.05, 0.1) is 29.7 Å². The van der Waals surface area contributed by atoms with Gasteiger partial charge < -0.3 is 10.1 Å². The Labute approximate surface area is 246 Å². The van der Waals surface area contributed by atoms with Crippen LogP contribution in [0.2, 0.25) is 0 Å². The summed E-state index contributed by atoms with van der Waals surface area (Å²) in [6.45, 7) is 6.19. The lowest BCUT2D eigenvalue weighted by Gasteiger charge is -2.16. The maximum Gasteiger partial charge on any atom is 0.390 e. The van der Waals surface area contributed by atoms with E-state index >= 15 is 0 Å². The first kappa shape index (κ1) is 28.5. The van der Waals surface area contributed by atoms with Crippen LogP contribution in [0.15, 0.2) is 85.6 Å². The number of nitrogens with zero attached hydrogens (tertiary/aromatic N) is 3. The van der Waals surface area contributed by atoms with Gasteiger partial charge in [0.15, 0.2) is 5.65 Å². The molecule has 2 heterocycles. The van der Waals surface area contributed by atoms with Crippen molar-refractivity contribution in [1.82, 2.24) is 14.6 Å². The van der Waals surface area contributed by atoms with Gasteiger partial charge in [-0.15, -0.1) is 0 Å². The third kappa shape index (κ3) is 6.40. The van der Waals surface area contributed by atoms with Crippen molar-refractivity contribution in [2.45, 2.75) is 44.9 Å². The molecule has 43 heavy (non-hydrogen) atoms. The Bertz CT molecular complexity index is 1790. The lowest BCUT2D eigenvalue weighted by atomic mass is 10.0. The average molecular weight is 587 g/mol. The third-order valence-electron chi connectivity index (χ3n) is 7.59. The number of alkyl halides is 3. The number of hydrogen-bond donors (Lipinski definition) is 1. The Morgan fingerprint density at radius 2 is 1.84 bits per heavy atom. The molecule has 0 aliphatic heterocycles. The Hall–Kier alpha value is -4.66. The molecule has 3 aromatic carbocycles. The number of imidazole rings is 1. The quantitative estimate of drug-likeness (QED) is 0.166. The SMILES string of the molecule is C=C(c1cc(NCCC(F)(F)F)c2ncc(-c3ccc(C4CC4)c(C)c3)n2n1)c1cc(F)ccc1OCc1ccccc1. The van der Waals surface area contributed by atoms with Crippen LogP contribution in [0.25, 0.3) is 22.5 Å². The van der Waals surface area contributed by atoms with Crippen molar-refractivity contribution in [2.24, 2.45) is 0 Å². The Kier molecular flexibility index (Phi) is 7.64. The highest BCUT2D eigenvalue weighted by atomic mass is 19.4. The van der Waals surface area contributed by atoms with Crippen molar-refractivity contribution >= 4 is 16.9 Å². The van der Waals surface area contributed by atoms with Gasteiger partial charge in [0, 0.05) is 23.2 Å². The number of fused-ring (bicyclic) bond motifs is 1. The highest BCUT2D eigenvalue weighted by Gasteiger charge is 2.27. The molecule has 220 valence electrons. The molecule has 2 aromatic heterocycles. The first-order valence-electron chi connectivity index (χ1n) is 14.1. The number of rotatable bonds is 10. The van der Waals surface area contributed by atoms with E-state index in [-0.39, 0.29) is 13.2 Å². The number of benzene rings is 3. The molecule has 0 spiro atoms. The normalized spacial score (nSPS) is 13.3. The number of nitrogens with one attached hydrogen (secondary N) is 1. The van der Waals surface area contributed by atoms with E-state index in [1.165, 1.54) is 42.2 Å². The third-order valence-corrected chi connectivity index (χ3v) is 7.59. The minimum atomic E-state index is -4.32. The standard InChI is InChI=1S/C34H30F4N4O/c1-21-16-25(10-12-27(21)24-8-9-24)31-19-40-33-30(39-15-14-34(36,37)38)18-29(41-42(31)33)22(2)28-17-26(35)11-13-32(28)43-20-23-6-4-3-5-7-23/h3-7,10-13,16-19,24,39H,2,8-9,14-15,20H2,1H3. The van der Waals surface area contributed by atoms with Gasteiger partial charge in [-0.25, -0.2) is 13.9 Å². The second-order valence-electron chi connectivity index (χ2n) is 10.9. The van der Waals surface area contributed by atoms with Gasteiger partial charge in [0.1, 0.15) is 18.2 Å². The van der Waals surface area contributed by atoms with E-state index < -0.39 is 18.4 Å². The summed E-state index contributed by atoms with van der Waals surface area (Å²) in [6, 6.07) is 21.5. The van der Waals surface area contributed by atoms with Crippen molar-refractivity contribution in [3.05, 3.63) is 119 Å². The zero-order valence-corrected chi connectivity index (χ0v) is 23.6. The molecule has 0 atom stereocenters. The number of hydrogen-bond acceptors (Lipinski definition) is 4. The van der Waals surface area contributed by atoms with Gasteiger partial charge in [-0.05, 0) is 72.7 Å². The lowest BCUT2D eigenvalue weighted by molar-refractivity contribution is -0.131. The summed E-state index contributed by atoms with van der Waals surface area (Å²) in [5, 5.41) is 7.69. The van der Waals surface area contributed by atoms with Gasteiger partial charge in [-0.1, -0.05) is 49.0 Å². The second-order valence-corrected chi connectivity index (χ2v) is 10.9. The summed E-state index contributed by atoms with van der Waals surface area (Å²) in [4.78, 5) is 4.52. The van der Waals surface area contributed by atoms with Gasteiger partial charge in [-0.2, -0.15) is 18.3 Å². The fourth-order valence-electron chi connectivity index (χ4n) is 5.21. The van der Waals surface area contributed by atoms with Crippen LogP contribution < -0.4 is 10.1 Å². The van der Waals surface area contributed by atoms with Crippen LogP contribution >= 0.6 is 0 Å². The highest BCUT2D eigenvalue weighted by Crippen LogP contribution is 2.42. The Morgan fingerprint density at radius 1 is 1.05 bits per heavy atom. The highest BCUT2D eigenvalue weighted by molar-refractivity contribution is 5.83. The molecule has 9 heteroatoms. The molecular weight excluding hydrogens is 556 g/mol. The number of aromatic nitrogens is 3. The number of halogens is 4.